The molecule has 0 aliphatic carbocycles. The minimum absolute atomic E-state index is 0.861. The van der Waals surface area contributed by atoms with Crippen molar-refractivity contribution in [3.63, 3.8) is 0 Å². The van der Waals surface area contributed by atoms with Crippen LogP contribution in [0.25, 0.3) is 0 Å². The van der Waals surface area contributed by atoms with E-state index in [4.69, 9.17) is 0 Å². The van der Waals surface area contributed by atoms with Crippen molar-refractivity contribution < 1.29 is 0 Å². The second-order valence-corrected chi connectivity index (χ2v) is 3.01. The Hall–Kier alpha value is -1.03. The summed E-state index contributed by atoms with van der Waals surface area (Å²) in [6.45, 7) is 0.861. The maximum atomic E-state index is 3.95. The zero-order valence-electron chi connectivity index (χ0n) is 5.84. The van der Waals surface area contributed by atoms with Crippen LogP contribution >= 0.6 is 11.8 Å². The van der Waals surface area contributed by atoms with Crippen LogP contribution in [0.4, 0.5) is 0 Å². The highest BCUT2D eigenvalue weighted by Gasteiger charge is 2.01. The summed E-state index contributed by atoms with van der Waals surface area (Å²) in [5.74, 6) is 0. The number of hydrogen-bond acceptors (Lipinski definition) is 3. The van der Waals surface area contributed by atoms with Gasteiger partial charge < -0.3 is 4.57 Å². The molecular formula is C7H7N3S. The van der Waals surface area contributed by atoms with E-state index in [0.29, 0.717) is 0 Å². The molecule has 4 heteroatoms. The van der Waals surface area contributed by atoms with Crippen LogP contribution in [0.2, 0.25) is 0 Å². The van der Waals surface area contributed by atoms with Crippen molar-refractivity contribution in [2.45, 2.75) is 11.7 Å². The molecule has 56 valence electrons. The summed E-state index contributed by atoms with van der Waals surface area (Å²) in [6.07, 6.45) is 7.84. The smallest absolute Gasteiger partial charge is 0.195 e. The summed E-state index contributed by atoms with van der Waals surface area (Å²) in [4.78, 5) is 0. The average molecular weight is 165 g/mol. The van der Waals surface area contributed by atoms with E-state index in [1.54, 1.807) is 18.1 Å². The molecule has 2 heterocycles. The second kappa shape index (κ2) is 2.92. The second-order valence-electron chi connectivity index (χ2n) is 2.14. The number of thioether (sulfide) groups is 1. The van der Waals surface area contributed by atoms with E-state index < -0.39 is 0 Å². The number of rotatable bonds is 0. The fourth-order valence-corrected chi connectivity index (χ4v) is 1.50. The van der Waals surface area contributed by atoms with Gasteiger partial charge >= 0.3 is 0 Å². The summed E-state index contributed by atoms with van der Waals surface area (Å²) in [5.41, 5.74) is 0. The first-order valence-corrected chi connectivity index (χ1v) is 4.21. The molecule has 0 fully saturated rings. The predicted octanol–water partition coefficient (Wildman–Crippen LogP) is 1.45. The van der Waals surface area contributed by atoms with E-state index in [0.717, 1.165) is 11.7 Å². The third-order valence-corrected chi connectivity index (χ3v) is 2.20. The molecule has 0 saturated carbocycles. The fourth-order valence-electron chi connectivity index (χ4n) is 0.859. The van der Waals surface area contributed by atoms with Crippen molar-refractivity contribution in [2.24, 2.45) is 0 Å². The van der Waals surface area contributed by atoms with Gasteiger partial charge in [0.15, 0.2) is 5.16 Å². The van der Waals surface area contributed by atoms with Gasteiger partial charge in [-0.15, -0.1) is 10.2 Å². The first kappa shape index (κ1) is 6.67. The Morgan fingerprint density at radius 3 is 3.45 bits per heavy atom. The quantitative estimate of drug-likeness (QED) is 0.583. The summed E-state index contributed by atoms with van der Waals surface area (Å²) in [6, 6.07) is 0. The van der Waals surface area contributed by atoms with Gasteiger partial charge in [0.2, 0.25) is 0 Å². The molecule has 0 N–H and O–H groups in total. The molecule has 0 saturated heterocycles. The van der Waals surface area contributed by atoms with E-state index in [1.165, 1.54) is 0 Å². The normalized spacial score (nSPS) is 21.5. The van der Waals surface area contributed by atoms with Crippen LogP contribution in [0.1, 0.15) is 0 Å². The highest BCUT2D eigenvalue weighted by Crippen LogP contribution is 2.17. The molecule has 0 bridgehead atoms. The van der Waals surface area contributed by atoms with Crippen LogP contribution in [-0.2, 0) is 6.54 Å². The third-order valence-electron chi connectivity index (χ3n) is 1.38. The topological polar surface area (TPSA) is 30.7 Å². The van der Waals surface area contributed by atoms with Crippen LogP contribution in [0, 0.1) is 0 Å². The standard InChI is InChI=1S/C7H7N3S/c1-2-4-10-6-8-9-7(10)11-5-3-1/h1-3,5-6H,4H2/b2-1-,5-3-. The van der Waals surface area contributed by atoms with E-state index in [9.17, 15) is 0 Å². The molecule has 1 aliphatic rings. The molecule has 3 nitrogen and oxygen atoms in total. The van der Waals surface area contributed by atoms with E-state index in [1.807, 2.05) is 22.1 Å². The molecule has 2 rings (SSSR count). The zero-order valence-corrected chi connectivity index (χ0v) is 6.66. The van der Waals surface area contributed by atoms with Crippen LogP contribution in [0.15, 0.2) is 35.1 Å². The molecule has 0 atom stereocenters. The minimum atomic E-state index is 0.861. The lowest BCUT2D eigenvalue weighted by molar-refractivity contribution is 0.725. The lowest BCUT2D eigenvalue weighted by atomic mass is 10.5. The first-order valence-electron chi connectivity index (χ1n) is 3.33. The lowest BCUT2D eigenvalue weighted by Crippen LogP contribution is -1.95. The summed E-state index contributed by atoms with van der Waals surface area (Å²) in [5, 5.41) is 10.7. The van der Waals surface area contributed by atoms with Crippen molar-refractivity contribution in [3.8, 4) is 0 Å². The molecule has 0 unspecified atom stereocenters. The Morgan fingerprint density at radius 2 is 2.45 bits per heavy atom. The predicted molar refractivity (Wildman–Crippen MR) is 44.2 cm³/mol. The average Bonchev–Trinajstić information content (AvgIpc) is 2.35. The summed E-state index contributed by atoms with van der Waals surface area (Å²) < 4.78 is 2.00. The molecule has 11 heavy (non-hydrogen) atoms. The Kier molecular flexibility index (Phi) is 1.77. The van der Waals surface area contributed by atoms with E-state index in [2.05, 4.69) is 16.3 Å². The Balaban J connectivity index is 2.37. The van der Waals surface area contributed by atoms with Gasteiger partial charge in [0.05, 0.1) is 0 Å². The molecule has 0 aromatic carbocycles. The number of hydrogen-bond donors (Lipinski definition) is 0. The van der Waals surface area contributed by atoms with Gasteiger partial charge in [0, 0.05) is 6.54 Å². The van der Waals surface area contributed by atoms with E-state index in [-0.39, 0.29) is 0 Å². The highest BCUT2D eigenvalue weighted by molar-refractivity contribution is 8.02. The Morgan fingerprint density at radius 1 is 1.45 bits per heavy atom. The number of aromatic nitrogens is 3. The molecule has 0 amide bonds. The van der Waals surface area contributed by atoms with Gasteiger partial charge in [-0.1, -0.05) is 30.0 Å². The highest BCUT2D eigenvalue weighted by atomic mass is 32.2. The van der Waals surface area contributed by atoms with Crippen molar-refractivity contribution in [1.82, 2.24) is 14.8 Å². The zero-order chi connectivity index (χ0) is 7.52. The summed E-state index contributed by atoms with van der Waals surface area (Å²) in [7, 11) is 0. The number of nitrogens with zero attached hydrogens (tertiary/aromatic N) is 3. The maximum absolute atomic E-state index is 3.95. The van der Waals surface area contributed by atoms with Gasteiger partial charge in [0.25, 0.3) is 0 Å². The van der Waals surface area contributed by atoms with Crippen molar-refractivity contribution in [1.29, 1.82) is 0 Å². The van der Waals surface area contributed by atoms with Gasteiger partial charge in [-0.25, -0.2) is 0 Å². The van der Waals surface area contributed by atoms with Gasteiger partial charge in [-0.05, 0) is 5.41 Å². The van der Waals surface area contributed by atoms with Crippen LogP contribution in [0.3, 0.4) is 0 Å². The number of fused-ring (bicyclic) bond motifs is 1. The Labute approximate surface area is 68.8 Å². The van der Waals surface area contributed by atoms with Gasteiger partial charge in [-0.2, -0.15) is 0 Å². The fraction of sp³-hybridized carbons (Fsp3) is 0.143. The molecule has 1 aromatic heterocycles. The van der Waals surface area contributed by atoms with Crippen LogP contribution < -0.4 is 0 Å². The molecule has 0 radical (unpaired) electrons. The van der Waals surface area contributed by atoms with E-state index >= 15 is 0 Å². The minimum Gasteiger partial charge on any atom is -0.304 e. The first-order chi connectivity index (χ1) is 5.47. The third kappa shape index (κ3) is 1.35. The van der Waals surface area contributed by atoms with Gasteiger partial charge in [-0.3, -0.25) is 0 Å². The number of allylic oxidation sites excluding steroid dienone is 3. The monoisotopic (exact) mass is 165 g/mol. The largest absolute Gasteiger partial charge is 0.304 e. The summed E-state index contributed by atoms with van der Waals surface area (Å²) >= 11 is 1.59. The van der Waals surface area contributed by atoms with Gasteiger partial charge in [0.1, 0.15) is 6.33 Å². The lowest BCUT2D eigenvalue weighted by Gasteiger charge is -2.00. The van der Waals surface area contributed by atoms with Crippen molar-refractivity contribution in [3.05, 3.63) is 30.0 Å². The van der Waals surface area contributed by atoms with Crippen molar-refractivity contribution >= 4 is 11.8 Å². The maximum Gasteiger partial charge on any atom is 0.195 e. The van der Waals surface area contributed by atoms with Crippen LogP contribution in [0.5, 0.6) is 0 Å². The molecule has 1 aliphatic heterocycles. The molecule has 0 spiro atoms. The molecule has 1 aromatic rings. The van der Waals surface area contributed by atoms with Crippen LogP contribution in [-0.4, -0.2) is 14.8 Å². The SMILES string of the molecule is C1=C\Cn2cnnc2S\C=C/1. The molecular weight excluding hydrogens is 158 g/mol. The van der Waals surface area contributed by atoms with Crippen molar-refractivity contribution in [2.75, 3.05) is 0 Å². The Bertz CT molecular complexity index is 272.